The molecular weight excluding hydrogens is 400 g/mol. The lowest BCUT2D eigenvalue weighted by atomic mass is 10.1. The third-order valence-electron chi connectivity index (χ3n) is 5.42. The van der Waals surface area contributed by atoms with Gasteiger partial charge in [0.25, 0.3) is 5.56 Å². The molecule has 0 unspecified atom stereocenters. The van der Waals surface area contributed by atoms with Gasteiger partial charge in [0.2, 0.25) is 5.91 Å². The van der Waals surface area contributed by atoms with Gasteiger partial charge >= 0.3 is 5.69 Å². The van der Waals surface area contributed by atoms with Crippen LogP contribution >= 0.6 is 0 Å². The van der Waals surface area contributed by atoms with Crippen LogP contribution in [0.15, 0.2) is 33.9 Å². The maximum atomic E-state index is 12.8. The van der Waals surface area contributed by atoms with Gasteiger partial charge in [-0.05, 0) is 31.5 Å². The average Bonchev–Trinajstić information content (AvgIpc) is 2.77. The predicted molar refractivity (Wildman–Crippen MR) is 118 cm³/mol. The molecule has 168 valence electrons. The Morgan fingerprint density at radius 3 is 2.19 bits per heavy atom. The fraction of sp³-hybridized carbons (Fsp3) is 0.500. The van der Waals surface area contributed by atoms with Crippen molar-refractivity contribution in [3.63, 3.8) is 0 Å². The summed E-state index contributed by atoms with van der Waals surface area (Å²) in [5.74, 6) is 1.93. The topological polar surface area (TPSA) is 86.0 Å². The predicted octanol–water partition coefficient (Wildman–Crippen LogP) is 0.773. The largest absolute Gasteiger partial charge is 0.490 e. The first-order valence-corrected chi connectivity index (χ1v) is 10.5. The van der Waals surface area contributed by atoms with Crippen molar-refractivity contribution in [2.75, 3.05) is 44.3 Å². The van der Waals surface area contributed by atoms with Gasteiger partial charge in [-0.3, -0.25) is 18.7 Å². The van der Waals surface area contributed by atoms with Crippen LogP contribution in [0.2, 0.25) is 0 Å². The number of carbonyl (C=O) groups is 1. The molecule has 1 aromatic heterocycles. The van der Waals surface area contributed by atoms with Crippen molar-refractivity contribution in [1.82, 2.24) is 14.0 Å². The fourth-order valence-corrected chi connectivity index (χ4v) is 3.70. The molecule has 0 atom stereocenters. The molecule has 3 rings (SSSR count). The van der Waals surface area contributed by atoms with E-state index < -0.39 is 0 Å². The first-order valence-electron chi connectivity index (χ1n) is 10.5. The van der Waals surface area contributed by atoms with Crippen LogP contribution in [0.1, 0.15) is 19.4 Å². The molecule has 0 bridgehead atoms. The molecule has 0 aliphatic carbocycles. The van der Waals surface area contributed by atoms with E-state index in [0.29, 0.717) is 56.7 Å². The molecule has 0 saturated carbocycles. The molecule has 9 nitrogen and oxygen atoms in total. The first-order chi connectivity index (χ1) is 14.8. The third kappa shape index (κ3) is 4.92. The molecule has 2 heterocycles. The van der Waals surface area contributed by atoms with Crippen LogP contribution in [0.25, 0.3) is 0 Å². The number of amides is 1. The van der Waals surface area contributed by atoms with Crippen LogP contribution in [0, 0.1) is 0 Å². The zero-order valence-electron chi connectivity index (χ0n) is 18.6. The number of carbonyl (C=O) groups excluding carboxylic acids is 1. The molecule has 1 fully saturated rings. The van der Waals surface area contributed by atoms with Gasteiger partial charge in [0.1, 0.15) is 5.82 Å². The van der Waals surface area contributed by atoms with E-state index in [4.69, 9.17) is 9.47 Å². The number of hydrogen-bond acceptors (Lipinski definition) is 6. The molecule has 31 heavy (non-hydrogen) atoms. The molecule has 1 saturated heterocycles. The van der Waals surface area contributed by atoms with Crippen molar-refractivity contribution >= 4 is 11.7 Å². The highest BCUT2D eigenvalue weighted by Crippen LogP contribution is 2.29. The number of piperazine rings is 1. The van der Waals surface area contributed by atoms with Crippen molar-refractivity contribution in [3.8, 4) is 11.5 Å². The summed E-state index contributed by atoms with van der Waals surface area (Å²) in [6.07, 6.45) is 0.275. The van der Waals surface area contributed by atoms with Gasteiger partial charge in [0, 0.05) is 46.3 Å². The Morgan fingerprint density at radius 1 is 0.903 bits per heavy atom. The molecule has 1 aliphatic heterocycles. The highest BCUT2D eigenvalue weighted by Gasteiger charge is 2.23. The SMILES string of the molecule is CCOc1ccc(CC(=O)N2CCN(c3cc(=O)n(C)c(=O)n3C)CC2)cc1OCC. The van der Waals surface area contributed by atoms with Gasteiger partial charge in [0.15, 0.2) is 11.5 Å². The van der Waals surface area contributed by atoms with Crippen molar-refractivity contribution in [3.05, 3.63) is 50.7 Å². The first kappa shape index (κ1) is 22.5. The molecule has 9 heteroatoms. The van der Waals surface area contributed by atoms with E-state index in [2.05, 4.69) is 0 Å². The number of ether oxygens (including phenoxy) is 2. The minimum absolute atomic E-state index is 0.0316. The second kappa shape index (κ2) is 9.72. The van der Waals surface area contributed by atoms with Crippen molar-refractivity contribution in [1.29, 1.82) is 0 Å². The summed E-state index contributed by atoms with van der Waals surface area (Å²) in [5, 5.41) is 0. The summed E-state index contributed by atoms with van der Waals surface area (Å²) < 4.78 is 13.8. The van der Waals surface area contributed by atoms with E-state index in [-0.39, 0.29) is 23.6 Å². The van der Waals surface area contributed by atoms with Crippen molar-refractivity contribution in [2.45, 2.75) is 20.3 Å². The standard InChI is InChI=1S/C22H30N4O5/c1-5-30-17-8-7-16(13-18(17)31-6-2)14-21(28)26-11-9-25(10-12-26)19-15-20(27)24(4)22(29)23(19)3/h7-8,13,15H,5-6,9-12,14H2,1-4H3. The van der Waals surface area contributed by atoms with Crippen LogP contribution < -0.4 is 25.6 Å². The molecule has 0 radical (unpaired) electrons. The van der Waals surface area contributed by atoms with E-state index >= 15 is 0 Å². The normalized spacial score (nSPS) is 13.9. The Balaban J connectivity index is 1.65. The Morgan fingerprint density at radius 2 is 1.55 bits per heavy atom. The molecule has 1 aromatic carbocycles. The Bertz CT molecular complexity index is 1050. The van der Waals surface area contributed by atoms with Gasteiger partial charge in [-0.2, -0.15) is 0 Å². The number of benzene rings is 1. The molecule has 0 spiro atoms. The van der Waals surface area contributed by atoms with E-state index in [1.54, 1.807) is 7.05 Å². The lowest BCUT2D eigenvalue weighted by Gasteiger charge is -2.36. The Kier molecular flexibility index (Phi) is 7.04. The van der Waals surface area contributed by atoms with Gasteiger partial charge in [0.05, 0.1) is 19.6 Å². The fourth-order valence-electron chi connectivity index (χ4n) is 3.70. The number of nitrogens with zero attached hydrogens (tertiary/aromatic N) is 4. The molecule has 1 aliphatic rings. The van der Waals surface area contributed by atoms with Crippen LogP contribution in [-0.2, 0) is 25.3 Å². The number of hydrogen-bond donors (Lipinski definition) is 0. The summed E-state index contributed by atoms with van der Waals surface area (Å²) in [7, 11) is 3.11. The van der Waals surface area contributed by atoms with Gasteiger partial charge in [-0.15, -0.1) is 0 Å². The third-order valence-corrected chi connectivity index (χ3v) is 5.42. The smallest absolute Gasteiger partial charge is 0.332 e. The highest BCUT2D eigenvalue weighted by molar-refractivity contribution is 5.79. The van der Waals surface area contributed by atoms with Gasteiger partial charge < -0.3 is 19.3 Å². The van der Waals surface area contributed by atoms with Crippen LogP contribution in [0.4, 0.5) is 5.82 Å². The number of aromatic nitrogens is 2. The summed E-state index contributed by atoms with van der Waals surface area (Å²) >= 11 is 0. The van der Waals surface area contributed by atoms with Crippen molar-refractivity contribution < 1.29 is 14.3 Å². The minimum Gasteiger partial charge on any atom is -0.490 e. The highest BCUT2D eigenvalue weighted by atomic mass is 16.5. The van der Waals surface area contributed by atoms with Gasteiger partial charge in [-0.25, -0.2) is 4.79 Å². The minimum atomic E-state index is -0.360. The Labute approximate surface area is 181 Å². The van der Waals surface area contributed by atoms with E-state index in [1.165, 1.54) is 17.7 Å². The van der Waals surface area contributed by atoms with Crippen molar-refractivity contribution in [2.24, 2.45) is 14.1 Å². The average molecular weight is 431 g/mol. The summed E-state index contributed by atoms with van der Waals surface area (Å²) in [6, 6.07) is 7.05. The zero-order valence-corrected chi connectivity index (χ0v) is 18.6. The summed E-state index contributed by atoms with van der Waals surface area (Å²) in [4.78, 5) is 40.8. The monoisotopic (exact) mass is 430 g/mol. The van der Waals surface area contributed by atoms with Gasteiger partial charge in [-0.1, -0.05) is 6.07 Å². The quantitative estimate of drug-likeness (QED) is 0.645. The second-order valence-electron chi connectivity index (χ2n) is 7.43. The summed E-state index contributed by atoms with van der Waals surface area (Å²) in [5.41, 5.74) is 0.173. The molecular formula is C22H30N4O5. The maximum Gasteiger partial charge on any atom is 0.332 e. The van der Waals surface area contributed by atoms with Crippen LogP contribution in [0.5, 0.6) is 11.5 Å². The second-order valence-corrected chi connectivity index (χ2v) is 7.43. The van der Waals surface area contributed by atoms with Crippen LogP contribution in [0.3, 0.4) is 0 Å². The lowest BCUT2D eigenvalue weighted by molar-refractivity contribution is -0.130. The number of anilines is 1. The van der Waals surface area contributed by atoms with Crippen LogP contribution in [-0.4, -0.2) is 59.3 Å². The maximum absolute atomic E-state index is 12.8. The molecule has 1 amide bonds. The Hall–Kier alpha value is -3.23. The molecule has 0 N–H and O–H groups in total. The number of rotatable bonds is 7. The van der Waals surface area contributed by atoms with E-state index in [1.807, 2.05) is 41.8 Å². The van der Waals surface area contributed by atoms with E-state index in [9.17, 15) is 14.4 Å². The summed E-state index contributed by atoms with van der Waals surface area (Å²) in [6.45, 7) is 7.05. The zero-order chi connectivity index (χ0) is 22.5. The van der Waals surface area contributed by atoms with E-state index in [0.717, 1.165) is 10.1 Å². The molecule has 2 aromatic rings. The lowest BCUT2D eigenvalue weighted by Crippen LogP contribution is -2.51.